The van der Waals surface area contributed by atoms with Crippen LogP contribution in [0.15, 0.2) is 12.2 Å². The van der Waals surface area contributed by atoms with E-state index >= 15 is 0 Å². The number of nitro groups is 1. The lowest BCUT2D eigenvalue weighted by Crippen LogP contribution is -2.32. The molecule has 0 radical (unpaired) electrons. The summed E-state index contributed by atoms with van der Waals surface area (Å²) in [5.41, 5.74) is -0.559. The van der Waals surface area contributed by atoms with Gasteiger partial charge in [0.25, 0.3) is 5.09 Å². The van der Waals surface area contributed by atoms with E-state index in [-0.39, 0.29) is 5.92 Å². The van der Waals surface area contributed by atoms with Gasteiger partial charge in [0.1, 0.15) is 6.10 Å². The first-order valence-electron chi connectivity index (χ1n) is 5.68. The minimum absolute atomic E-state index is 0.140. The van der Waals surface area contributed by atoms with Gasteiger partial charge >= 0.3 is 0 Å². The van der Waals surface area contributed by atoms with E-state index in [9.17, 15) is 20.2 Å². The molecule has 0 bridgehead atoms. The zero-order valence-corrected chi connectivity index (χ0v) is 11.3. The van der Waals surface area contributed by atoms with Gasteiger partial charge in [0.05, 0.1) is 0 Å². The van der Waals surface area contributed by atoms with Gasteiger partial charge in [0, 0.05) is 10.3 Å². The first kappa shape index (κ1) is 16.3. The third kappa shape index (κ3) is 5.60. The third-order valence-electron chi connectivity index (χ3n) is 2.46. The van der Waals surface area contributed by atoms with Crippen molar-refractivity contribution >= 4 is 0 Å². The lowest BCUT2D eigenvalue weighted by molar-refractivity contribution is -0.767. The first-order chi connectivity index (χ1) is 8.05. The van der Waals surface area contributed by atoms with Crippen LogP contribution in [0.1, 0.15) is 34.6 Å². The van der Waals surface area contributed by atoms with E-state index in [1.165, 1.54) is 12.2 Å². The second-order valence-corrected chi connectivity index (χ2v) is 5.52. The van der Waals surface area contributed by atoms with Crippen molar-refractivity contribution in [3.63, 3.8) is 0 Å². The Morgan fingerprint density at radius 2 is 1.61 bits per heavy atom. The maximum absolute atomic E-state index is 10.9. The van der Waals surface area contributed by atoms with Crippen LogP contribution in [-0.2, 0) is 4.84 Å². The summed E-state index contributed by atoms with van der Waals surface area (Å²) in [6.45, 7) is 8.71. The Morgan fingerprint density at radius 3 is 1.89 bits per heavy atom. The lowest BCUT2D eigenvalue weighted by atomic mass is 9.86. The highest BCUT2D eigenvalue weighted by molar-refractivity contribution is 4.99. The zero-order chi connectivity index (χ0) is 14.5. The Labute approximate surface area is 106 Å². The average molecular weight is 260 g/mol. The molecular formula is C11H20N2O5. The van der Waals surface area contributed by atoms with Gasteiger partial charge < -0.3 is 4.84 Å². The van der Waals surface area contributed by atoms with Gasteiger partial charge in [-0.2, -0.15) is 0 Å². The van der Waals surface area contributed by atoms with E-state index in [4.69, 9.17) is 0 Å². The molecule has 104 valence electrons. The van der Waals surface area contributed by atoms with E-state index in [2.05, 4.69) is 4.84 Å². The fourth-order valence-electron chi connectivity index (χ4n) is 1.37. The molecule has 0 aromatic rings. The lowest BCUT2D eigenvalue weighted by Gasteiger charge is -2.21. The van der Waals surface area contributed by atoms with E-state index < -0.39 is 27.6 Å². The molecule has 7 heteroatoms. The Kier molecular flexibility index (Phi) is 5.74. The van der Waals surface area contributed by atoms with Crippen LogP contribution >= 0.6 is 0 Å². The summed E-state index contributed by atoms with van der Waals surface area (Å²) in [7, 11) is 0. The second-order valence-electron chi connectivity index (χ2n) is 5.52. The fourth-order valence-corrected chi connectivity index (χ4v) is 1.37. The maximum Gasteiger partial charge on any atom is 0.295 e. The van der Waals surface area contributed by atoms with Gasteiger partial charge in [-0.25, -0.2) is 0 Å². The van der Waals surface area contributed by atoms with Crippen LogP contribution in [0.3, 0.4) is 0 Å². The molecule has 0 saturated carbocycles. The molecule has 0 N–H and O–H groups in total. The Morgan fingerprint density at radius 1 is 1.11 bits per heavy atom. The van der Waals surface area contributed by atoms with Crippen LogP contribution < -0.4 is 0 Å². The number of nitrogens with zero attached hydrogens (tertiary/aromatic N) is 2. The van der Waals surface area contributed by atoms with E-state index in [0.29, 0.717) is 0 Å². The molecule has 0 aliphatic heterocycles. The Balaban J connectivity index is 4.93. The molecule has 0 amide bonds. The molecule has 0 aliphatic rings. The minimum Gasteiger partial charge on any atom is -0.306 e. The molecule has 2 atom stereocenters. The van der Waals surface area contributed by atoms with Gasteiger partial charge in [-0.15, -0.1) is 10.1 Å². The smallest absolute Gasteiger partial charge is 0.295 e. The number of rotatable bonds is 6. The van der Waals surface area contributed by atoms with Crippen molar-refractivity contribution in [2.45, 2.75) is 46.8 Å². The molecule has 0 saturated heterocycles. The van der Waals surface area contributed by atoms with Crippen LogP contribution in [-0.4, -0.2) is 22.2 Å². The molecule has 0 spiro atoms. The molecule has 2 unspecified atom stereocenters. The van der Waals surface area contributed by atoms with E-state index in [0.717, 1.165) is 0 Å². The van der Waals surface area contributed by atoms with Crippen LogP contribution in [0.25, 0.3) is 0 Å². The zero-order valence-electron chi connectivity index (χ0n) is 11.3. The predicted octanol–water partition coefficient (Wildman–Crippen LogP) is 2.47. The van der Waals surface area contributed by atoms with Crippen molar-refractivity contribution in [3.05, 3.63) is 32.4 Å². The van der Waals surface area contributed by atoms with Crippen molar-refractivity contribution in [1.29, 1.82) is 0 Å². The largest absolute Gasteiger partial charge is 0.306 e. The highest BCUT2D eigenvalue weighted by Crippen LogP contribution is 2.23. The van der Waals surface area contributed by atoms with Gasteiger partial charge in [0.2, 0.25) is 6.04 Å². The average Bonchev–Trinajstić information content (AvgIpc) is 2.12. The molecule has 0 aliphatic carbocycles. The molecule has 0 aromatic carbocycles. The normalized spacial score (nSPS) is 15.7. The first-order valence-corrected chi connectivity index (χ1v) is 5.68. The van der Waals surface area contributed by atoms with Crippen molar-refractivity contribution < 1.29 is 14.8 Å². The van der Waals surface area contributed by atoms with Crippen LogP contribution in [0.4, 0.5) is 0 Å². The standard InChI is InChI=1S/C11H20N2O5/c1-8(2)9(18-13(16)17)6-7-10(12(14)15)11(3,4)5/h6-10H,1-5H3/b7-6+. The molecular weight excluding hydrogens is 240 g/mol. The number of hydrogen-bond acceptors (Lipinski definition) is 5. The van der Waals surface area contributed by atoms with Crippen LogP contribution in [0.2, 0.25) is 0 Å². The van der Waals surface area contributed by atoms with Gasteiger partial charge in [-0.3, -0.25) is 10.1 Å². The molecule has 0 fully saturated rings. The highest BCUT2D eigenvalue weighted by atomic mass is 17.0. The van der Waals surface area contributed by atoms with Crippen molar-refractivity contribution in [1.82, 2.24) is 0 Å². The molecule has 18 heavy (non-hydrogen) atoms. The summed E-state index contributed by atoms with van der Waals surface area (Å²) in [6.07, 6.45) is 1.99. The molecule has 0 heterocycles. The fraction of sp³-hybridized carbons (Fsp3) is 0.818. The monoisotopic (exact) mass is 260 g/mol. The van der Waals surface area contributed by atoms with Crippen molar-refractivity contribution in [2.75, 3.05) is 0 Å². The summed E-state index contributed by atoms with van der Waals surface area (Å²) in [5, 5.41) is 20.4. The second kappa shape index (κ2) is 6.32. The minimum atomic E-state index is -0.908. The molecule has 0 rings (SSSR count). The van der Waals surface area contributed by atoms with Crippen LogP contribution in [0.5, 0.6) is 0 Å². The topological polar surface area (TPSA) is 95.5 Å². The SMILES string of the molecule is CC(C)C(/C=C/C([N+](=O)[O-])C(C)(C)C)O[N+](=O)[O-]. The van der Waals surface area contributed by atoms with Crippen LogP contribution in [0, 0.1) is 31.6 Å². The summed E-state index contributed by atoms with van der Waals surface area (Å²) < 4.78 is 0. The molecule has 7 nitrogen and oxygen atoms in total. The van der Waals surface area contributed by atoms with Gasteiger partial charge in [-0.1, -0.05) is 40.7 Å². The summed E-state index contributed by atoms with van der Waals surface area (Å²) in [6, 6.07) is -0.908. The van der Waals surface area contributed by atoms with Crippen molar-refractivity contribution in [3.8, 4) is 0 Å². The molecule has 0 aromatic heterocycles. The summed E-state index contributed by atoms with van der Waals surface area (Å²) >= 11 is 0. The maximum atomic E-state index is 10.9. The number of hydrogen-bond donors (Lipinski definition) is 0. The Hall–Kier alpha value is -1.66. The predicted molar refractivity (Wildman–Crippen MR) is 66.1 cm³/mol. The summed E-state index contributed by atoms with van der Waals surface area (Å²) in [4.78, 5) is 25.3. The van der Waals surface area contributed by atoms with E-state index in [1.807, 2.05) is 0 Å². The summed E-state index contributed by atoms with van der Waals surface area (Å²) in [5.74, 6) is -0.140. The Bertz CT molecular complexity index is 333. The third-order valence-corrected chi connectivity index (χ3v) is 2.46. The highest BCUT2D eigenvalue weighted by Gasteiger charge is 2.32. The van der Waals surface area contributed by atoms with E-state index in [1.54, 1.807) is 34.6 Å². The van der Waals surface area contributed by atoms with Crippen molar-refractivity contribution in [2.24, 2.45) is 11.3 Å². The van der Waals surface area contributed by atoms with Gasteiger partial charge in [0.15, 0.2) is 0 Å². The quantitative estimate of drug-likeness (QED) is 0.415. The van der Waals surface area contributed by atoms with Gasteiger partial charge in [-0.05, 0) is 12.0 Å².